The number of amides is 1. The number of benzene rings is 1. The van der Waals surface area contributed by atoms with E-state index in [1.807, 2.05) is 24.6 Å². The Bertz CT molecular complexity index is 1180. The van der Waals surface area contributed by atoms with Crippen LogP contribution in [0.5, 0.6) is 0 Å². The predicted molar refractivity (Wildman–Crippen MR) is 102 cm³/mol. The molecular weight excluding hydrogens is 368 g/mol. The zero-order valence-electron chi connectivity index (χ0n) is 14.6. The van der Waals surface area contributed by atoms with Crippen LogP contribution in [0.15, 0.2) is 44.9 Å². The highest BCUT2D eigenvalue weighted by molar-refractivity contribution is 7.99. The summed E-state index contributed by atoms with van der Waals surface area (Å²) >= 11 is 1.29. The zero-order chi connectivity index (χ0) is 19.0. The smallest absolute Gasteiger partial charge is 0.323 e. The second kappa shape index (κ2) is 6.80. The van der Waals surface area contributed by atoms with Crippen molar-refractivity contribution in [3.63, 3.8) is 0 Å². The number of thioether (sulfide) groups is 1. The number of aromatic nitrogens is 5. The van der Waals surface area contributed by atoms with E-state index in [2.05, 4.69) is 25.5 Å². The molecule has 0 radical (unpaired) electrons. The van der Waals surface area contributed by atoms with Crippen LogP contribution in [0, 0.1) is 6.92 Å². The highest BCUT2D eigenvalue weighted by Crippen LogP contribution is 2.26. The van der Waals surface area contributed by atoms with Gasteiger partial charge in [0.25, 0.3) is 0 Å². The molecule has 0 unspecified atom stereocenters. The second-order valence-electron chi connectivity index (χ2n) is 5.93. The average molecular weight is 384 g/mol. The molecule has 0 aliphatic rings. The first-order valence-electron chi connectivity index (χ1n) is 8.10. The Morgan fingerprint density at radius 2 is 2.07 bits per heavy atom. The number of furan rings is 1. The van der Waals surface area contributed by atoms with Crippen molar-refractivity contribution in [1.82, 2.24) is 24.7 Å². The fourth-order valence-corrected chi connectivity index (χ4v) is 3.44. The van der Waals surface area contributed by atoms with Gasteiger partial charge in [0.2, 0.25) is 5.91 Å². The number of aryl methyl sites for hydroxylation is 1. The molecule has 1 amide bonds. The van der Waals surface area contributed by atoms with Gasteiger partial charge in [0, 0.05) is 12.7 Å². The number of nitrogens with one attached hydrogen (secondary N) is 3. The minimum absolute atomic E-state index is 0.179. The Hall–Kier alpha value is -3.27. The molecule has 3 N–H and O–H groups in total. The monoisotopic (exact) mass is 384 g/mol. The summed E-state index contributed by atoms with van der Waals surface area (Å²) in [5.74, 6) is 1.45. The average Bonchev–Trinajstić information content (AvgIpc) is 3.31. The number of carbonyl (C=O) groups is 1. The minimum Gasteiger partial charge on any atom is -0.469 e. The Kier molecular flexibility index (Phi) is 4.32. The first-order chi connectivity index (χ1) is 13.0. The van der Waals surface area contributed by atoms with E-state index in [0.717, 1.165) is 11.3 Å². The SMILES string of the molecule is Cc1occc1-c1nnc(SCC(=O)Nc2ccc3[nH]c(=O)[nH]c3c2)n1C. The molecule has 4 aromatic rings. The van der Waals surface area contributed by atoms with Crippen molar-refractivity contribution in [2.45, 2.75) is 12.1 Å². The van der Waals surface area contributed by atoms with Crippen LogP contribution in [0.4, 0.5) is 5.69 Å². The molecule has 0 bridgehead atoms. The van der Waals surface area contributed by atoms with Gasteiger partial charge in [-0.1, -0.05) is 11.8 Å². The zero-order valence-corrected chi connectivity index (χ0v) is 15.4. The lowest BCUT2D eigenvalue weighted by Crippen LogP contribution is -2.14. The molecule has 3 heterocycles. The maximum atomic E-state index is 12.2. The van der Waals surface area contributed by atoms with E-state index in [4.69, 9.17) is 4.42 Å². The van der Waals surface area contributed by atoms with Crippen molar-refractivity contribution >= 4 is 34.4 Å². The Morgan fingerprint density at radius 3 is 2.85 bits per heavy atom. The molecule has 0 fully saturated rings. The summed E-state index contributed by atoms with van der Waals surface area (Å²) in [5.41, 5.74) is 2.52. The van der Waals surface area contributed by atoms with Crippen LogP contribution in [0.3, 0.4) is 0 Å². The topological polar surface area (TPSA) is 122 Å². The van der Waals surface area contributed by atoms with Crippen LogP contribution in [0.25, 0.3) is 22.4 Å². The Morgan fingerprint density at radius 1 is 1.26 bits per heavy atom. The molecule has 27 heavy (non-hydrogen) atoms. The molecule has 0 aliphatic heterocycles. The number of nitrogens with zero attached hydrogens (tertiary/aromatic N) is 3. The van der Waals surface area contributed by atoms with E-state index in [1.165, 1.54) is 11.8 Å². The van der Waals surface area contributed by atoms with Gasteiger partial charge in [0.1, 0.15) is 5.76 Å². The predicted octanol–water partition coefficient (Wildman–Crippen LogP) is 2.28. The number of H-pyrrole nitrogens is 2. The van der Waals surface area contributed by atoms with Crippen molar-refractivity contribution in [2.24, 2.45) is 7.05 Å². The highest BCUT2D eigenvalue weighted by atomic mass is 32.2. The van der Waals surface area contributed by atoms with Gasteiger partial charge < -0.3 is 24.3 Å². The van der Waals surface area contributed by atoms with Gasteiger partial charge in [0.05, 0.1) is 28.6 Å². The molecule has 4 rings (SSSR count). The van der Waals surface area contributed by atoms with Gasteiger partial charge in [-0.3, -0.25) is 4.79 Å². The fourth-order valence-electron chi connectivity index (χ4n) is 2.73. The van der Waals surface area contributed by atoms with Gasteiger partial charge in [-0.05, 0) is 31.2 Å². The quantitative estimate of drug-likeness (QED) is 0.454. The van der Waals surface area contributed by atoms with Crippen LogP contribution in [0.1, 0.15) is 5.76 Å². The molecule has 1 aromatic carbocycles. The molecule has 0 spiro atoms. The number of carbonyl (C=O) groups excluding carboxylic acids is 1. The van der Waals surface area contributed by atoms with Gasteiger partial charge in [-0.25, -0.2) is 4.79 Å². The number of hydrogen-bond donors (Lipinski definition) is 3. The second-order valence-corrected chi connectivity index (χ2v) is 6.87. The summed E-state index contributed by atoms with van der Waals surface area (Å²) in [6, 6.07) is 7.01. The third-order valence-corrected chi connectivity index (χ3v) is 5.09. The van der Waals surface area contributed by atoms with Crippen molar-refractivity contribution in [3.8, 4) is 11.4 Å². The van der Waals surface area contributed by atoms with Crippen LogP contribution >= 0.6 is 11.8 Å². The molecular formula is C17H16N6O3S. The molecule has 0 aliphatic carbocycles. The van der Waals surface area contributed by atoms with Crippen molar-refractivity contribution in [2.75, 3.05) is 11.1 Å². The molecule has 10 heteroatoms. The third kappa shape index (κ3) is 3.38. The van der Waals surface area contributed by atoms with Crippen LogP contribution in [-0.4, -0.2) is 36.4 Å². The number of imidazole rings is 1. The molecule has 3 aromatic heterocycles. The van der Waals surface area contributed by atoms with E-state index in [0.29, 0.717) is 27.7 Å². The third-order valence-electron chi connectivity index (χ3n) is 4.07. The summed E-state index contributed by atoms with van der Waals surface area (Å²) in [7, 11) is 1.85. The van der Waals surface area contributed by atoms with Gasteiger partial charge in [-0.2, -0.15) is 0 Å². The fraction of sp³-hybridized carbons (Fsp3) is 0.176. The molecule has 9 nitrogen and oxygen atoms in total. The Labute approximate surface area is 157 Å². The summed E-state index contributed by atoms with van der Waals surface area (Å²) in [4.78, 5) is 28.9. The number of anilines is 1. The van der Waals surface area contributed by atoms with E-state index in [-0.39, 0.29) is 17.3 Å². The molecule has 0 atom stereocenters. The van der Waals surface area contributed by atoms with Gasteiger partial charge in [0.15, 0.2) is 11.0 Å². The van der Waals surface area contributed by atoms with E-state index in [9.17, 15) is 9.59 Å². The number of rotatable bonds is 5. The summed E-state index contributed by atoms with van der Waals surface area (Å²) < 4.78 is 7.13. The summed E-state index contributed by atoms with van der Waals surface area (Å²) in [6.45, 7) is 1.86. The normalized spacial score (nSPS) is 11.2. The van der Waals surface area contributed by atoms with E-state index >= 15 is 0 Å². The summed E-state index contributed by atoms with van der Waals surface area (Å²) in [6.07, 6.45) is 1.61. The standard InChI is InChI=1S/C17H16N6O3S/c1-9-11(5-6-26-9)15-21-22-17(23(15)2)27-8-14(24)18-10-3-4-12-13(7-10)20-16(25)19-12/h3-7H,8H2,1-2H3,(H,18,24)(H2,19,20,25). The van der Waals surface area contributed by atoms with Crippen LogP contribution in [0.2, 0.25) is 0 Å². The van der Waals surface area contributed by atoms with Gasteiger partial charge in [-0.15, -0.1) is 10.2 Å². The summed E-state index contributed by atoms with van der Waals surface area (Å²) in [5, 5.41) is 11.8. The number of fused-ring (bicyclic) bond motifs is 1. The van der Waals surface area contributed by atoms with E-state index < -0.39 is 0 Å². The van der Waals surface area contributed by atoms with Crippen molar-refractivity contribution < 1.29 is 9.21 Å². The first kappa shape index (κ1) is 17.2. The lowest BCUT2D eigenvalue weighted by atomic mass is 10.2. The number of hydrogen-bond acceptors (Lipinski definition) is 6. The largest absolute Gasteiger partial charge is 0.469 e. The van der Waals surface area contributed by atoms with Crippen LogP contribution < -0.4 is 11.0 Å². The molecule has 138 valence electrons. The number of aromatic amines is 2. The lowest BCUT2D eigenvalue weighted by Gasteiger charge is -2.05. The first-order valence-corrected chi connectivity index (χ1v) is 9.08. The lowest BCUT2D eigenvalue weighted by molar-refractivity contribution is -0.113. The minimum atomic E-state index is -0.282. The van der Waals surface area contributed by atoms with Crippen LogP contribution in [-0.2, 0) is 11.8 Å². The van der Waals surface area contributed by atoms with Crippen molar-refractivity contribution in [3.05, 3.63) is 46.8 Å². The van der Waals surface area contributed by atoms with E-state index in [1.54, 1.807) is 24.5 Å². The van der Waals surface area contributed by atoms with Crippen molar-refractivity contribution in [1.29, 1.82) is 0 Å². The van der Waals surface area contributed by atoms with Gasteiger partial charge >= 0.3 is 5.69 Å². The Balaban J connectivity index is 1.42. The maximum absolute atomic E-state index is 12.2. The molecule has 0 saturated carbocycles. The maximum Gasteiger partial charge on any atom is 0.323 e. The molecule has 0 saturated heterocycles. The highest BCUT2D eigenvalue weighted by Gasteiger charge is 2.16.